The summed E-state index contributed by atoms with van der Waals surface area (Å²) < 4.78 is 1.82. The number of aryl methyl sites for hydroxylation is 1. The first-order chi connectivity index (χ1) is 8.00. The van der Waals surface area contributed by atoms with Gasteiger partial charge in [-0.3, -0.25) is 0 Å². The molecule has 92 valence electrons. The minimum atomic E-state index is 0.0364. The van der Waals surface area contributed by atoms with Gasteiger partial charge in [-0.2, -0.15) is 4.98 Å². The van der Waals surface area contributed by atoms with Gasteiger partial charge in [0.1, 0.15) is 0 Å². The van der Waals surface area contributed by atoms with E-state index in [1.807, 2.05) is 22.8 Å². The Morgan fingerprint density at radius 2 is 2.12 bits per heavy atom. The molecule has 0 aromatic carbocycles. The van der Waals surface area contributed by atoms with Crippen LogP contribution in [0.3, 0.4) is 0 Å². The van der Waals surface area contributed by atoms with Crippen molar-refractivity contribution in [2.24, 2.45) is 0 Å². The molecule has 2 heterocycles. The van der Waals surface area contributed by atoms with Gasteiger partial charge in [-0.15, -0.1) is 5.10 Å². The van der Waals surface area contributed by atoms with Crippen molar-refractivity contribution in [1.29, 1.82) is 0 Å². The van der Waals surface area contributed by atoms with Crippen molar-refractivity contribution in [2.45, 2.75) is 46.1 Å². The van der Waals surface area contributed by atoms with Crippen molar-refractivity contribution in [2.75, 3.05) is 5.32 Å². The standard InChI is InChI=1S/C13H20N4/c1-5-8-13(3,4)15-12-14-11-7-6-10(2)9-17(11)16-12/h6-7,9H,5,8H2,1-4H3,(H,15,16). The fraction of sp³-hybridized carbons (Fsp3) is 0.538. The molecule has 0 saturated heterocycles. The minimum Gasteiger partial charge on any atom is -0.348 e. The van der Waals surface area contributed by atoms with Crippen LogP contribution in [0.4, 0.5) is 5.95 Å². The number of fused-ring (bicyclic) bond motifs is 1. The molecule has 2 rings (SSSR count). The molecular formula is C13H20N4. The third kappa shape index (κ3) is 2.75. The highest BCUT2D eigenvalue weighted by Crippen LogP contribution is 2.17. The van der Waals surface area contributed by atoms with E-state index in [9.17, 15) is 0 Å². The van der Waals surface area contributed by atoms with Crippen LogP contribution in [0.15, 0.2) is 18.3 Å². The van der Waals surface area contributed by atoms with Gasteiger partial charge in [-0.05, 0) is 38.8 Å². The lowest BCUT2D eigenvalue weighted by Crippen LogP contribution is -2.31. The highest BCUT2D eigenvalue weighted by Gasteiger charge is 2.18. The maximum absolute atomic E-state index is 4.46. The molecule has 17 heavy (non-hydrogen) atoms. The van der Waals surface area contributed by atoms with Crippen molar-refractivity contribution in [3.05, 3.63) is 23.9 Å². The fourth-order valence-corrected chi connectivity index (χ4v) is 2.03. The van der Waals surface area contributed by atoms with Gasteiger partial charge in [0.15, 0.2) is 5.65 Å². The molecule has 0 unspecified atom stereocenters. The van der Waals surface area contributed by atoms with Crippen LogP contribution in [0, 0.1) is 6.92 Å². The molecule has 0 atom stereocenters. The second-order valence-electron chi connectivity index (χ2n) is 5.20. The number of hydrogen-bond acceptors (Lipinski definition) is 3. The van der Waals surface area contributed by atoms with Crippen LogP contribution in [0.1, 0.15) is 39.2 Å². The third-order valence-electron chi connectivity index (χ3n) is 2.80. The molecule has 0 spiro atoms. The Kier molecular flexibility index (Phi) is 3.05. The number of hydrogen-bond donors (Lipinski definition) is 1. The van der Waals surface area contributed by atoms with Crippen LogP contribution in [0.2, 0.25) is 0 Å². The Bertz CT molecular complexity index is 513. The van der Waals surface area contributed by atoms with E-state index in [0.717, 1.165) is 18.5 Å². The largest absolute Gasteiger partial charge is 0.348 e. The molecular weight excluding hydrogens is 212 g/mol. The summed E-state index contributed by atoms with van der Waals surface area (Å²) in [5.74, 6) is 0.703. The smallest absolute Gasteiger partial charge is 0.243 e. The zero-order chi connectivity index (χ0) is 12.5. The molecule has 2 aromatic heterocycles. The Labute approximate surface area is 102 Å². The van der Waals surface area contributed by atoms with Crippen LogP contribution in [0.25, 0.3) is 5.65 Å². The van der Waals surface area contributed by atoms with Crippen molar-refractivity contribution in [3.8, 4) is 0 Å². The van der Waals surface area contributed by atoms with E-state index >= 15 is 0 Å². The summed E-state index contributed by atoms with van der Waals surface area (Å²) in [6, 6.07) is 4.03. The predicted molar refractivity (Wildman–Crippen MR) is 70.3 cm³/mol. The van der Waals surface area contributed by atoms with E-state index in [1.54, 1.807) is 0 Å². The Morgan fingerprint density at radius 3 is 2.82 bits per heavy atom. The third-order valence-corrected chi connectivity index (χ3v) is 2.80. The normalized spacial score (nSPS) is 12.0. The lowest BCUT2D eigenvalue weighted by atomic mass is 9.99. The van der Waals surface area contributed by atoms with Gasteiger partial charge >= 0.3 is 0 Å². The first-order valence-electron chi connectivity index (χ1n) is 6.11. The molecule has 0 fully saturated rings. The first kappa shape index (κ1) is 11.9. The molecule has 0 aliphatic rings. The molecule has 4 heteroatoms. The summed E-state index contributed by atoms with van der Waals surface area (Å²) in [4.78, 5) is 4.46. The monoisotopic (exact) mass is 232 g/mol. The van der Waals surface area contributed by atoms with E-state index in [4.69, 9.17) is 0 Å². The van der Waals surface area contributed by atoms with E-state index in [2.05, 4.69) is 43.1 Å². The lowest BCUT2D eigenvalue weighted by Gasteiger charge is -2.24. The predicted octanol–water partition coefficient (Wildman–Crippen LogP) is 3.03. The number of aromatic nitrogens is 3. The van der Waals surface area contributed by atoms with Crippen LogP contribution < -0.4 is 5.32 Å². The summed E-state index contributed by atoms with van der Waals surface area (Å²) >= 11 is 0. The fourth-order valence-electron chi connectivity index (χ4n) is 2.03. The Morgan fingerprint density at radius 1 is 1.35 bits per heavy atom. The zero-order valence-corrected chi connectivity index (χ0v) is 11.0. The summed E-state index contributed by atoms with van der Waals surface area (Å²) in [7, 11) is 0. The topological polar surface area (TPSA) is 42.2 Å². The van der Waals surface area contributed by atoms with Crippen LogP contribution >= 0.6 is 0 Å². The summed E-state index contributed by atoms with van der Waals surface area (Å²) in [6.07, 6.45) is 4.23. The van der Waals surface area contributed by atoms with E-state index in [-0.39, 0.29) is 5.54 Å². The van der Waals surface area contributed by atoms with Crippen LogP contribution in [-0.2, 0) is 0 Å². The van der Waals surface area contributed by atoms with Crippen molar-refractivity contribution < 1.29 is 0 Å². The Hall–Kier alpha value is -1.58. The van der Waals surface area contributed by atoms with Crippen LogP contribution in [-0.4, -0.2) is 20.1 Å². The molecule has 4 nitrogen and oxygen atoms in total. The summed E-state index contributed by atoms with van der Waals surface area (Å²) in [6.45, 7) is 8.58. The first-order valence-corrected chi connectivity index (χ1v) is 6.11. The van der Waals surface area contributed by atoms with E-state index in [1.165, 1.54) is 5.56 Å². The molecule has 2 aromatic rings. The molecule has 0 aliphatic heterocycles. The molecule has 0 saturated carbocycles. The quantitative estimate of drug-likeness (QED) is 0.881. The van der Waals surface area contributed by atoms with Gasteiger partial charge in [0, 0.05) is 11.7 Å². The highest BCUT2D eigenvalue weighted by atomic mass is 15.4. The molecule has 0 aliphatic carbocycles. The number of rotatable bonds is 4. The van der Waals surface area contributed by atoms with E-state index in [0.29, 0.717) is 5.95 Å². The van der Waals surface area contributed by atoms with E-state index < -0.39 is 0 Å². The number of nitrogens with zero attached hydrogens (tertiary/aromatic N) is 3. The summed E-state index contributed by atoms with van der Waals surface area (Å²) in [5, 5.41) is 7.82. The molecule has 0 amide bonds. The number of anilines is 1. The molecule has 0 radical (unpaired) electrons. The maximum Gasteiger partial charge on any atom is 0.243 e. The molecule has 1 N–H and O–H groups in total. The van der Waals surface area contributed by atoms with Crippen molar-refractivity contribution in [3.63, 3.8) is 0 Å². The second kappa shape index (κ2) is 4.35. The number of pyridine rings is 1. The van der Waals surface area contributed by atoms with Crippen LogP contribution in [0.5, 0.6) is 0 Å². The minimum absolute atomic E-state index is 0.0364. The highest BCUT2D eigenvalue weighted by molar-refractivity contribution is 5.44. The van der Waals surface area contributed by atoms with Gasteiger partial charge in [0.2, 0.25) is 5.95 Å². The summed E-state index contributed by atoms with van der Waals surface area (Å²) in [5.41, 5.74) is 2.10. The van der Waals surface area contributed by atoms with Gasteiger partial charge in [0.25, 0.3) is 0 Å². The average Bonchev–Trinajstić information content (AvgIpc) is 2.57. The SMILES string of the molecule is CCCC(C)(C)Nc1nc2ccc(C)cn2n1. The maximum atomic E-state index is 4.46. The zero-order valence-electron chi connectivity index (χ0n) is 11.0. The Balaban J connectivity index is 2.25. The lowest BCUT2D eigenvalue weighted by molar-refractivity contribution is 0.507. The van der Waals surface area contributed by atoms with Gasteiger partial charge in [-0.1, -0.05) is 19.4 Å². The average molecular weight is 232 g/mol. The number of nitrogens with one attached hydrogen (secondary N) is 1. The van der Waals surface area contributed by atoms with Gasteiger partial charge in [-0.25, -0.2) is 4.52 Å². The second-order valence-corrected chi connectivity index (χ2v) is 5.20. The molecule has 0 bridgehead atoms. The van der Waals surface area contributed by atoms with Crippen molar-refractivity contribution >= 4 is 11.6 Å². The van der Waals surface area contributed by atoms with Crippen molar-refractivity contribution in [1.82, 2.24) is 14.6 Å². The van der Waals surface area contributed by atoms with Gasteiger partial charge in [0.05, 0.1) is 0 Å². The van der Waals surface area contributed by atoms with Gasteiger partial charge < -0.3 is 5.32 Å².